The van der Waals surface area contributed by atoms with Crippen LogP contribution in [0.5, 0.6) is 0 Å². The van der Waals surface area contributed by atoms with E-state index < -0.39 is 17.7 Å². The normalized spacial score (nSPS) is 12.7. The Balaban J connectivity index is 0.00000225. The van der Waals surface area contributed by atoms with Crippen LogP contribution in [0.15, 0.2) is 57.7 Å². The molecule has 0 radical (unpaired) electrons. The van der Waals surface area contributed by atoms with Crippen LogP contribution in [0.3, 0.4) is 0 Å². The molecular weight excluding hydrogens is 427 g/mol. The maximum atomic E-state index is 12.7. The molecule has 1 heterocycles. The van der Waals surface area contributed by atoms with Crippen LogP contribution in [0.25, 0.3) is 11.1 Å². The largest absolute Gasteiger partial charge is 0.419 e. The summed E-state index contributed by atoms with van der Waals surface area (Å²) in [7, 11) is 3.88. The SMILES string of the molecule is CC(C(=O)Nc1ccc2oc(=O)n(CCN(C)C)c2c1)C(N)c1ccccc1.Cl.Cl. The Morgan fingerprint density at radius 2 is 1.83 bits per heavy atom. The van der Waals surface area contributed by atoms with Gasteiger partial charge in [-0.15, -0.1) is 24.8 Å². The Kier molecular flexibility index (Phi) is 9.58. The molecule has 0 saturated carbocycles. The summed E-state index contributed by atoms with van der Waals surface area (Å²) in [6.07, 6.45) is 0. The van der Waals surface area contributed by atoms with Gasteiger partial charge in [0.15, 0.2) is 5.58 Å². The third-order valence-corrected chi connectivity index (χ3v) is 4.84. The number of amides is 1. The zero-order valence-corrected chi connectivity index (χ0v) is 18.8. The Labute approximate surface area is 188 Å². The van der Waals surface area contributed by atoms with E-state index in [2.05, 4.69) is 5.32 Å². The first-order valence-corrected chi connectivity index (χ1v) is 9.26. The summed E-state index contributed by atoms with van der Waals surface area (Å²) in [6, 6.07) is 14.3. The number of oxazole rings is 1. The highest BCUT2D eigenvalue weighted by atomic mass is 35.5. The molecule has 2 atom stereocenters. The molecule has 1 aromatic heterocycles. The average molecular weight is 455 g/mol. The van der Waals surface area contributed by atoms with Crippen LogP contribution in [0.4, 0.5) is 5.69 Å². The molecule has 0 spiro atoms. The number of nitrogens with two attached hydrogens (primary N) is 1. The summed E-state index contributed by atoms with van der Waals surface area (Å²) >= 11 is 0. The van der Waals surface area contributed by atoms with Crippen molar-refractivity contribution in [2.45, 2.75) is 19.5 Å². The van der Waals surface area contributed by atoms with Gasteiger partial charge >= 0.3 is 5.76 Å². The van der Waals surface area contributed by atoms with Crippen molar-refractivity contribution in [1.29, 1.82) is 0 Å². The van der Waals surface area contributed by atoms with E-state index in [-0.39, 0.29) is 30.7 Å². The van der Waals surface area contributed by atoms with Crippen molar-refractivity contribution in [3.8, 4) is 0 Å². The highest BCUT2D eigenvalue weighted by Gasteiger charge is 2.22. The van der Waals surface area contributed by atoms with E-state index in [1.165, 1.54) is 0 Å². The number of likely N-dealkylation sites (N-methyl/N-ethyl adjacent to an activating group) is 1. The molecule has 30 heavy (non-hydrogen) atoms. The number of rotatable bonds is 7. The van der Waals surface area contributed by atoms with Crippen LogP contribution in [-0.2, 0) is 11.3 Å². The number of anilines is 1. The average Bonchev–Trinajstić information content (AvgIpc) is 3.00. The fourth-order valence-corrected chi connectivity index (χ4v) is 3.03. The van der Waals surface area contributed by atoms with E-state index >= 15 is 0 Å². The van der Waals surface area contributed by atoms with Gasteiger partial charge in [0.2, 0.25) is 5.91 Å². The van der Waals surface area contributed by atoms with Crippen LogP contribution in [0.1, 0.15) is 18.5 Å². The number of nitrogens with one attached hydrogen (secondary N) is 1. The molecule has 0 saturated heterocycles. The van der Waals surface area contributed by atoms with E-state index in [0.717, 1.165) is 5.56 Å². The van der Waals surface area contributed by atoms with Gasteiger partial charge in [0.1, 0.15) is 0 Å². The first kappa shape index (κ1) is 25.7. The molecule has 0 aliphatic rings. The van der Waals surface area contributed by atoms with Gasteiger partial charge in [0.05, 0.1) is 11.4 Å². The minimum absolute atomic E-state index is 0. The van der Waals surface area contributed by atoms with E-state index in [9.17, 15) is 9.59 Å². The number of nitrogens with zero attached hydrogens (tertiary/aromatic N) is 2. The van der Waals surface area contributed by atoms with Gasteiger partial charge < -0.3 is 20.4 Å². The Bertz CT molecular complexity index is 1020. The number of hydrogen-bond donors (Lipinski definition) is 2. The van der Waals surface area contributed by atoms with Crippen molar-refractivity contribution in [3.05, 3.63) is 64.6 Å². The Morgan fingerprint density at radius 1 is 1.17 bits per heavy atom. The predicted molar refractivity (Wildman–Crippen MR) is 125 cm³/mol. The van der Waals surface area contributed by atoms with Gasteiger partial charge in [-0.3, -0.25) is 9.36 Å². The third kappa shape index (κ3) is 5.86. The van der Waals surface area contributed by atoms with Gasteiger partial charge in [0.25, 0.3) is 0 Å². The van der Waals surface area contributed by atoms with Gasteiger partial charge in [-0.05, 0) is 37.9 Å². The van der Waals surface area contributed by atoms with Crippen LogP contribution < -0.4 is 16.8 Å². The second-order valence-corrected chi connectivity index (χ2v) is 7.22. The van der Waals surface area contributed by atoms with Crippen molar-refractivity contribution >= 4 is 47.5 Å². The summed E-state index contributed by atoms with van der Waals surface area (Å²) in [5, 5.41) is 2.90. The Hall–Kier alpha value is -2.32. The van der Waals surface area contributed by atoms with Crippen molar-refractivity contribution in [1.82, 2.24) is 9.47 Å². The minimum atomic E-state index is -0.418. The maximum absolute atomic E-state index is 12.7. The first-order chi connectivity index (χ1) is 13.4. The van der Waals surface area contributed by atoms with Crippen molar-refractivity contribution in [2.24, 2.45) is 11.7 Å². The number of carbonyl (C=O) groups is 1. The summed E-state index contributed by atoms with van der Waals surface area (Å²) in [5.41, 5.74) is 8.92. The second kappa shape index (κ2) is 11.2. The highest BCUT2D eigenvalue weighted by molar-refractivity contribution is 5.94. The second-order valence-electron chi connectivity index (χ2n) is 7.22. The van der Waals surface area contributed by atoms with Crippen molar-refractivity contribution in [2.75, 3.05) is 26.0 Å². The molecule has 3 N–H and O–H groups in total. The molecule has 3 rings (SSSR count). The van der Waals surface area contributed by atoms with Crippen LogP contribution in [0, 0.1) is 5.92 Å². The Morgan fingerprint density at radius 3 is 2.47 bits per heavy atom. The van der Waals surface area contributed by atoms with Crippen molar-refractivity contribution < 1.29 is 9.21 Å². The molecule has 164 valence electrons. The molecule has 2 unspecified atom stereocenters. The monoisotopic (exact) mass is 454 g/mol. The zero-order valence-electron chi connectivity index (χ0n) is 17.2. The quantitative estimate of drug-likeness (QED) is 0.571. The lowest BCUT2D eigenvalue weighted by molar-refractivity contribution is -0.120. The molecule has 0 aliphatic carbocycles. The number of carbonyl (C=O) groups excluding carboxylic acids is 1. The van der Waals surface area contributed by atoms with E-state index in [1.807, 2.05) is 49.3 Å². The summed E-state index contributed by atoms with van der Waals surface area (Å²) < 4.78 is 6.86. The molecule has 2 aromatic carbocycles. The molecular formula is C21H28Cl2N4O3. The summed E-state index contributed by atoms with van der Waals surface area (Å²) in [4.78, 5) is 26.8. The molecule has 7 nitrogen and oxygen atoms in total. The molecule has 0 fully saturated rings. The minimum Gasteiger partial charge on any atom is -0.408 e. The van der Waals surface area contributed by atoms with Gasteiger partial charge in [-0.2, -0.15) is 0 Å². The summed E-state index contributed by atoms with van der Waals surface area (Å²) in [6.45, 7) is 3.01. The molecule has 1 amide bonds. The molecule has 9 heteroatoms. The molecule has 0 aliphatic heterocycles. The van der Waals surface area contributed by atoms with Crippen molar-refractivity contribution in [3.63, 3.8) is 0 Å². The topological polar surface area (TPSA) is 93.5 Å². The zero-order chi connectivity index (χ0) is 20.3. The highest BCUT2D eigenvalue weighted by Crippen LogP contribution is 2.23. The number of benzene rings is 2. The first-order valence-electron chi connectivity index (χ1n) is 9.26. The lowest BCUT2D eigenvalue weighted by Crippen LogP contribution is -2.30. The fourth-order valence-electron chi connectivity index (χ4n) is 3.03. The number of hydrogen-bond acceptors (Lipinski definition) is 5. The standard InChI is InChI=1S/C21H26N4O3.2ClH/c1-14(19(22)15-7-5-4-6-8-15)20(26)23-16-9-10-18-17(13-16)25(21(27)28-18)12-11-24(2)3;;/h4-10,13-14,19H,11-12,22H2,1-3H3,(H,23,26);2*1H. The summed E-state index contributed by atoms with van der Waals surface area (Å²) in [5.74, 6) is -1.00. The number of aromatic nitrogens is 1. The molecule has 3 aromatic rings. The third-order valence-electron chi connectivity index (χ3n) is 4.84. The lowest BCUT2D eigenvalue weighted by Gasteiger charge is -2.20. The van der Waals surface area contributed by atoms with E-state index in [1.54, 1.807) is 29.7 Å². The molecule has 0 bridgehead atoms. The van der Waals surface area contributed by atoms with E-state index in [4.69, 9.17) is 10.2 Å². The number of fused-ring (bicyclic) bond motifs is 1. The number of halogens is 2. The van der Waals surface area contributed by atoms with Gasteiger partial charge in [-0.25, -0.2) is 4.79 Å². The fraction of sp³-hybridized carbons (Fsp3) is 0.333. The lowest BCUT2D eigenvalue weighted by atomic mass is 9.94. The predicted octanol–water partition coefficient (Wildman–Crippen LogP) is 3.27. The van der Waals surface area contributed by atoms with Crippen LogP contribution in [-0.4, -0.2) is 36.0 Å². The maximum Gasteiger partial charge on any atom is 0.419 e. The van der Waals surface area contributed by atoms with Gasteiger partial charge in [-0.1, -0.05) is 37.3 Å². The van der Waals surface area contributed by atoms with Gasteiger partial charge in [0, 0.05) is 24.8 Å². The van der Waals surface area contributed by atoms with Crippen LogP contribution in [0.2, 0.25) is 0 Å². The smallest absolute Gasteiger partial charge is 0.408 e. The van der Waals surface area contributed by atoms with Crippen LogP contribution >= 0.6 is 24.8 Å². The van der Waals surface area contributed by atoms with E-state index in [0.29, 0.717) is 29.9 Å².